The van der Waals surface area contributed by atoms with E-state index in [1.807, 2.05) is 56.3 Å². The van der Waals surface area contributed by atoms with Gasteiger partial charge in [-0.15, -0.1) is 0 Å². The molecule has 0 radical (unpaired) electrons. The molecule has 3 amide bonds. The number of hydrogen-bond donors (Lipinski definition) is 1. The topological polar surface area (TPSA) is 111 Å². The first-order valence-corrected chi connectivity index (χ1v) is 14.3. The Kier molecular flexibility index (Phi) is 7.95. The largest absolute Gasteiger partial charge is 0.459 e. The van der Waals surface area contributed by atoms with Crippen LogP contribution < -0.4 is 5.32 Å². The summed E-state index contributed by atoms with van der Waals surface area (Å²) in [7, 11) is 0. The summed E-state index contributed by atoms with van der Waals surface area (Å²) in [6.45, 7) is 3.59. The lowest BCUT2D eigenvalue weighted by Gasteiger charge is -2.23. The van der Waals surface area contributed by atoms with Crippen molar-refractivity contribution in [2.75, 3.05) is 6.61 Å². The molecule has 0 bridgehead atoms. The van der Waals surface area contributed by atoms with Gasteiger partial charge in [0.15, 0.2) is 0 Å². The Bertz CT molecular complexity index is 1780. The second-order valence-electron chi connectivity index (χ2n) is 10.9. The first-order valence-electron chi connectivity index (χ1n) is 14.3. The summed E-state index contributed by atoms with van der Waals surface area (Å²) >= 11 is 0. The number of hydrogen-bond acceptors (Lipinski definition) is 7. The van der Waals surface area contributed by atoms with E-state index in [9.17, 15) is 19.2 Å². The van der Waals surface area contributed by atoms with Gasteiger partial charge >= 0.3 is 18.0 Å². The zero-order valence-corrected chi connectivity index (χ0v) is 24.2. The molecule has 0 spiro atoms. The van der Waals surface area contributed by atoms with Gasteiger partial charge in [-0.2, -0.15) is 0 Å². The number of imide groups is 1. The summed E-state index contributed by atoms with van der Waals surface area (Å²) in [5.74, 6) is -1.72. The molecule has 44 heavy (non-hydrogen) atoms. The number of nitrogens with one attached hydrogen (secondary N) is 1. The highest BCUT2D eigenvalue weighted by Crippen LogP contribution is 2.32. The molecule has 2 heterocycles. The number of amides is 3. The normalized spacial score (nSPS) is 20.6. The van der Waals surface area contributed by atoms with Gasteiger partial charge in [0.2, 0.25) is 0 Å². The molecule has 0 aromatic heterocycles. The summed E-state index contributed by atoms with van der Waals surface area (Å²) in [5.41, 5.74) is 3.51. The molecule has 2 fully saturated rings. The molecule has 9 heteroatoms. The first-order chi connectivity index (χ1) is 21.2. The molecule has 0 saturated carbocycles. The smallest absolute Gasteiger partial charge is 0.338 e. The minimum absolute atomic E-state index is 0.0557. The van der Waals surface area contributed by atoms with Crippen molar-refractivity contribution in [3.63, 3.8) is 0 Å². The van der Waals surface area contributed by atoms with Crippen molar-refractivity contribution in [1.29, 1.82) is 0 Å². The minimum Gasteiger partial charge on any atom is -0.459 e. The van der Waals surface area contributed by atoms with Crippen LogP contribution in [0, 0.1) is 13.8 Å². The third kappa shape index (κ3) is 6.09. The molecule has 6 rings (SSSR count). The molecule has 2 aliphatic rings. The summed E-state index contributed by atoms with van der Waals surface area (Å²) in [6, 6.07) is 26.7. The second-order valence-corrected chi connectivity index (χ2v) is 10.9. The van der Waals surface area contributed by atoms with Crippen molar-refractivity contribution >= 4 is 40.7 Å². The zero-order valence-electron chi connectivity index (χ0n) is 24.2. The van der Waals surface area contributed by atoms with Crippen LogP contribution in [0.3, 0.4) is 0 Å². The fraction of sp³-hybridized carbons (Fsp3) is 0.200. The molecule has 2 saturated heterocycles. The number of carbonyl (C=O) groups is 4. The van der Waals surface area contributed by atoms with Crippen LogP contribution in [0.4, 0.5) is 4.79 Å². The van der Waals surface area contributed by atoms with E-state index < -0.39 is 42.3 Å². The number of carbonyl (C=O) groups excluding carboxylic acids is 4. The van der Waals surface area contributed by atoms with Gasteiger partial charge in [0.1, 0.15) is 30.7 Å². The molecule has 1 N–H and O–H groups in total. The maximum atomic E-state index is 13.1. The Morgan fingerprint density at radius 2 is 1.50 bits per heavy atom. The summed E-state index contributed by atoms with van der Waals surface area (Å²) in [4.78, 5) is 53.0. The van der Waals surface area contributed by atoms with E-state index in [-0.39, 0.29) is 18.7 Å². The van der Waals surface area contributed by atoms with Crippen LogP contribution in [0.5, 0.6) is 0 Å². The van der Waals surface area contributed by atoms with Gasteiger partial charge in [0, 0.05) is 6.42 Å². The maximum Gasteiger partial charge on any atom is 0.338 e. The van der Waals surface area contributed by atoms with E-state index in [0.717, 1.165) is 27.5 Å². The van der Waals surface area contributed by atoms with Crippen LogP contribution in [0.2, 0.25) is 0 Å². The SMILES string of the molecule is Cc1ccc(C(=O)OC[C@H]2OC(N3C(=O)NC(=O)/C3=C/c3ccc4ccccc4c3)C[C@@H]2OC(=O)c2ccc(C)cc2)cc1. The van der Waals surface area contributed by atoms with Gasteiger partial charge in [-0.3, -0.25) is 15.0 Å². The fourth-order valence-corrected chi connectivity index (χ4v) is 5.27. The van der Waals surface area contributed by atoms with Crippen LogP contribution in [-0.2, 0) is 19.0 Å². The van der Waals surface area contributed by atoms with Crippen LogP contribution >= 0.6 is 0 Å². The molecule has 222 valence electrons. The number of rotatable bonds is 7. The predicted octanol–water partition coefficient (Wildman–Crippen LogP) is 5.55. The van der Waals surface area contributed by atoms with Crippen molar-refractivity contribution in [3.05, 3.63) is 125 Å². The Morgan fingerprint density at radius 3 is 2.18 bits per heavy atom. The van der Waals surface area contributed by atoms with Crippen LogP contribution in [-0.4, -0.2) is 53.8 Å². The average molecular weight is 591 g/mol. The first kappa shape index (κ1) is 28.8. The summed E-state index contributed by atoms with van der Waals surface area (Å²) in [6.07, 6.45) is -1.06. The van der Waals surface area contributed by atoms with Crippen LogP contribution in [0.15, 0.2) is 96.7 Å². The molecule has 0 aliphatic carbocycles. The van der Waals surface area contributed by atoms with E-state index >= 15 is 0 Å². The lowest BCUT2D eigenvalue weighted by Crippen LogP contribution is -2.37. The number of ether oxygens (including phenoxy) is 3. The lowest BCUT2D eigenvalue weighted by molar-refractivity contribution is -0.116. The molecule has 4 aromatic carbocycles. The zero-order chi connectivity index (χ0) is 30.8. The van der Waals surface area contributed by atoms with Crippen molar-refractivity contribution in [1.82, 2.24) is 10.2 Å². The van der Waals surface area contributed by atoms with E-state index in [0.29, 0.717) is 11.1 Å². The van der Waals surface area contributed by atoms with Crippen molar-refractivity contribution in [2.45, 2.75) is 38.7 Å². The van der Waals surface area contributed by atoms with Gasteiger partial charge < -0.3 is 14.2 Å². The molecular formula is C35H30N2O7. The second kappa shape index (κ2) is 12.1. The molecular weight excluding hydrogens is 560 g/mol. The Balaban J connectivity index is 1.25. The maximum absolute atomic E-state index is 13.1. The number of nitrogens with zero attached hydrogens (tertiary/aromatic N) is 1. The number of aryl methyl sites for hydroxylation is 2. The Morgan fingerprint density at radius 1 is 0.864 bits per heavy atom. The van der Waals surface area contributed by atoms with Crippen LogP contribution in [0.25, 0.3) is 16.8 Å². The number of urea groups is 1. The summed E-state index contributed by atoms with van der Waals surface area (Å²) < 4.78 is 17.6. The number of esters is 2. The fourth-order valence-electron chi connectivity index (χ4n) is 5.27. The third-order valence-electron chi connectivity index (χ3n) is 7.69. The van der Waals surface area contributed by atoms with Gasteiger partial charge in [0.05, 0.1) is 11.1 Å². The lowest BCUT2D eigenvalue weighted by atomic mass is 10.1. The van der Waals surface area contributed by atoms with Crippen molar-refractivity contribution in [3.8, 4) is 0 Å². The molecule has 9 nitrogen and oxygen atoms in total. The highest BCUT2D eigenvalue weighted by molar-refractivity contribution is 6.14. The van der Waals surface area contributed by atoms with Gasteiger partial charge in [-0.25, -0.2) is 14.4 Å². The van der Waals surface area contributed by atoms with Gasteiger partial charge in [-0.1, -0.05) is 71.8 Å². The van der Waals surface area contributed by atoms with Gasteiger partial charge in [0.25, 0.3) is 5.91 Å². The quantitative estimate of drug-likeness (QED) is 0.171. The predicted molar refractivity (Wildman–Crippen MR) is 162 cm³/mol. The molecule has 3 atom stereocenters. The Labute approximate surface area is 254 Å². The van der Waals surface area contributed by atoms with E-state index in [1.165, 1.54) is 4.90 Å². The molecule has 4 aromatic rings. The van der Waals surface area contributed by atoms with Crippen LogP contribution in [0.1, 0.15) is 43.8 Å². The molecule has 2 aliphatic heterocycles. The monoisotopic (exact) mass is 590 g/mol. The third-order valence-corrected chi connectivity index (χ3v) is 7.69. The van der Waals surface area contributed by atoms with Gasteiger partial charge in [-0.05, 0) is 66.6 Å². The number of benzene rings is 4. The highest BCUT2D eigenvalue weighted by Gasteiger charge is 2.47. The summed E-state index contributed by atoms with van der Waals surface area (Å²) in [5, 5.41) is 4.36. The molecule has 1 unspecified atom stereocenters. The van der Waals surface area contributed by atoms with E-state index in [4.69, 9.17) is 14.2 Å². The highest BCUT2D eigenvalue weighted by atomic mass is 16.6. The Hall–Kier alpha value is -5.28. The van der Waals surface area contributed by atoms with E-state index in [1.54, 1.807) is 54.6 Å². The average Bonchev–Trinajstić information content (AvgIpc) is 3.54. The number of fused-ring (bicyclic) bond motifs is 1. The van der Waals surface area contributed by atoms with E-state index in [2.05, 4.69) is 5.32 Å². The van der Waals surface area contributed by atoms with Crippen molar-refractivity contribution in [2.24, 2.45) is 0 Å². The van der Waals surface area contributed by atoms with Crippen molar-refractivity contribution < 1.29 is 33.4 Å². The standard InChI is InChI=1S/C35H30N2O7/c1-21-7-12-25(13-8-21)33(39)42-20-30-29(44-34(40)26-14-9-22(2)10-15-26)19-31(43-30)37-28(32(38)36-35(37)41)18-23-11-16-24-5-3-4-6-27(24)17-23/h3-18,29-31H,19-20H2,1-2H3,(H,36,38,41)/b28-18-/t29-,30+,31?/m0/s1. The minimum atomic E-state index is -0.966.